The highest BCUT2D eigenvalue weighted by atomic mass is 16.2. The van der Waals surface area contributed by atoms with Gasteiger partial charge in [-0.25, -0.2) is 0 Å². The predicted molar refractivity (Wildman–Crippen MR) is 52.7 cm³/mol. The molecule has 80 valence electrons. The van der Waals surface area contributed by atoms with Gasteiger partial charge in [0.25, 0.3) is 0 Å². The normalized spacial score (nSPS) is 23.9. The minimum absolute atomic E-state index is 0.0198. The highest BCUT2D eigenvalue weighted by molar-refractivity contribution is 5.82. The Bertz CT molecular complexity index is 220. The van der Waals surface area contributed by atoms with Gasteiger partial charge in [0.15, 0.2) is 0 Å². The molecular weight excluding hydrogens is 182 g/mol. The van der Waals surface area contributed by atoms with Gasteiger partial charge in [0.05, 0.1) is 6.04 Å². The van der Waals surface area contributed by atoms with Crippen molar-refractivity contribution in [2.24, 2.45) is 0 Å². The van der Waals surface area contributed by atoms with Crippen LogP contribution in [0.1, 0.15) is 19.8 Å². The Morgan fingerprint density at radius 2 is 2.36 bits per heavy atom. The first kappa shape index (κ1) is 11.0. The Labute approximate surface area is 83.6 Å². The van der Waals surface area contributed by atoms with Crippen molar-refractivity contribution in [1.29, 1.82) is 0 Å². The van der Waals surface area contributed by atoms with Crippen molar-refractivity contribution < 1.29 is 9.59 Å². The second kappa shape index (κ2) is 4.95. The molecule has 0 aromatic carbocycles. The number of carbonyl (C=O) groups excluding carboxylic acids is 2. The fourth-order valence-electron chi connectivity index (χ4n) is 1.31. The van der Waals surface area contributed by atoms with E-state index in [4.69, 9.17) is 0 Å². The van der Waals surface area contributed by atoms with Crippen LogP contribution in [-0.2, 0) is 9.59 Å². The SMILES string of the molecule is CN[C@@H](C)C(=O)NC1CCC(=O)NC1. The van der Waals surface area contributed by atoms with E-state index in [2.05, 4.69) is 16.0 Å². The van der Waals surface area contributed by atoms with Gasteiger partial charge < -0.3 is 16.0 Å². The lowest BCUT2D eigenvalue weighted by Gasteiger charge is -2.24. The molecule has 0 aliphatic carbocycles. The van der Waals surface area contributed by atoms with E-state index in [1.165, 1.54) is 0 Å². The third-order valence-electron chi connectivity index (χ3n) is 2.44. The van der Waals surface area contributed by atoms with Gasteiger partial charge >= 0.3 is 0 Å². The van der Waals surface area contributed by atoms with Crippen LogP contribution in [0.4, 0.5) is 0 Å². The van der Waals surface area contributed by atoms with E-state index in [0.29, 0.717) is 13.0 Å². The first-order valence-electron chi connectivity index (χ1n) is 4.88. The van der Waals surface area contributed by atoms with E-state index in [9.17, 15) is 9.59 Å². The quantitative estimate of drug-likeness (QED) is 0.545. The van der Waals surface area contributed by atoms with Crippen molar-refractivity contribution in [3.05, 3.63) is 0 Å². The van der Waals surface area contributed by atoms with Gasteiger partial charge in [-0.15, -0.1) is 0 Å². The molecule has 14 heavy (non-hydrogen) atoms. The molecule has 1 heterocycles. The maximum absolute atomic E-state index is 11.4. The van der Waals surface area contributed by atoms with Crippen LogP contribution in [0.25, 0.3) is 0 Å². The molecular formula is C9H17N3O2. The fourth-order valence-corrected chi connectivity index (χ4v) is 1.31. The zero-order chi connectivity index (χ0) is 10.6. The van der Waals surface area contributed by atoms with Gasteiger partial charge in [0, 0.05) is 19.0 Å². The Hall–Kier alpha value is -1.10. The zero-order valence-corrected chi connectivity index (χ0v) is 8.59. The molecule has 5 nitrogen and oxygen atoms in total. The molecule has 0 aromatic heterocycles. The molecule has 1 saturated heterocycles. The molecule has 1 fully saturated rings. The number of carbonyl (C=O) groups is 2. The predicted octanol–water partition coefficient (Wildman–Crippen LogP) is -1.01. The van der Waals surface area contributed by atoms with Gasteiger partial charge in [0.2, 0.25) is 11.8 Å². The molecule has 0 saturated carbocycles. The van der Waals surface area contributed by atoms with Crippen LogP contribution < -0.4 is 16.0 Å². The third-order valence-corrected chi connectivity index (χ3v) is 2.44. The molecule has 0 bridgehead atoms. The number of likely N-dealkylation sites (N-methyl/N-ethyl adjacent to an activating group) is 1. The Balaban J connectivity index is 2.30. The minimum atomic E-state index is -0.187. The summed E-state index contributed by atoms with van der Waals surface area (Å²) in [6.45, 7) is 2.34. The number of amides is 2. The molecule has 1 rings (SSSR count). The van der Waals surface area contributed by atoms with Crippen molar-refractivity contribution in [2.75, 3.05) is 13.6 Å². The molecule has 1 unspecified atom stereocenters. The average molecular weight is 199 g/mol. The monoisotopic (exact) mass is 199 g/mol. The highest BCUT2D eigenvalue weighted by Crippen LogP contribution is 2.02. The van der Waals surface area contributed by atoms with E-state index in [0.717, 1.165) is 6.42 Å². The molecule has 3 N–H and O–H groups in total. The molecule has 0 aromatic rings. The van der Waals surface area contributed by atoms with E-state index in [-0.39, 0.29) is 23.9 Å². The summed E-state index contributed by atoms with van der Waals surface area (Å²) in [6.07, 6.45) is 1.23. The summed E-state index contributed by atoms with van der Waals surface area (Å²) in [7, 11) is 1.74. The van der Waals surface area contributed by atoms with Crippen molar-refractivity contribution in [3.63, 3.8) is 0 Å². The van der Waals surface area contributed by atoms with Crippen LogP contribution in [0.15, 0.2) is 0 Å². The zero-order valence-electron chi connectivity index (χ0n) is 8.59. The van der Waals surface area contributed by atoms with Crippen LogP contribution in [0, 0.1) is 0 Å². The van der Waals surface area contributed by atoms with E-state index in [1.807, 2.05) is 0 Å². The summed E-state index contributed by atoms with van der Waals surface area (Å²) in [5.41, 5.74) is 0. The standard InChI is InChI=1S/C9H17N3O2/c1-6(10-2)9(14)12-7-3-4-8(13)11-5-7/h6-7,10H,3-5H2,1-2H3,(H,11,13)(H,12,14)/t6-,7?/m0/s1. The third kappa shape index (κ3) is 2.99. The largest absolute Gasteiger partial charge is 0.354 e. The molecule has 2 amide bonds. The second-order valence-electron chi connectivity index (χ2n) is 3.56. The number of piperidine rings is 1. The lowest BCUT2D eigenvalue weighted by molar-refractivity contribution is -0.126. The fraction of sp³-hybridized carbons (Fsp3) is 0.778. The smallest absolute Gasteiger partial charge is 0.237 e. The summed E-state index contributed by atoms with van der Waals surface area (Å²) in [6, 6.07) is -0.108. The van der Waals surface area contributed by atoms with Gasteiger partial charge in [-0.3, -0.25) is 9.59 Å². The Morgan fingerprint density at radius 3 is 2.86 bits per heavy atom. The molecule has 0 spiro atoms. The minimum Gasteiger partial charge on any atom is -0.354 e. The molecule has 2 atom stereocenters. The number of hydrogen-bond acceptors (Lipinski definition) is 3. The summed E-state index contributed by atoms with van der Waals surface area (Å²) in [5.74, 6) is 0.0470. The maximum Gasteiger partial charge on any atom is 0.237 e. The summed E-state index contributed by atoms with van der Waals surface area (Å²) in [4.78, 5) is 22.3. The number of nitrogens with one attached hydrogen (secondary N) is 3. The van der Waals surface area contributed by atoms with E-state index >= 15 is 0 Å². The maximum atomic E-state index is 11.4. The van der Waals surface area contributed by atoms with Crippen LogP contribution in [0.3, 0.4) is 0 Å². The van der Waals surface area contributed by atoms with Gasteiger partial charge in [0.1, 0.15) is 0 Å². The molecule has 5 heteroatoms. The number of hydrogen-bond donors (Lipinski definition) is 3. The van der Waals surface area contributed by atoms with Crippen molar-refractivity contribution in [1.82, 2.24) is 16.0 Å². The molecule has 1 aliphatic heterocycles. The number of rotatable bonds is 3. The van der Waals surface area contributed by atoms with Crippen LogP contribution in [-0.4, -0.2) is 37.5 Å². The van der Waals surface area contributed by atoms with Gasteiger partial charge in [-0.1, -0.05) is 0 Å². The van der Waals surface area contributed by atoms with Crippen LogP contribution in [0.2, 0.25) is 0 Å². The Morgan fingerprint density at radius 1 is 1.64 bits per heavy atom. The van der Waals surface area contributed by atoms with Crippen LogP contribution >= 0.6 is 0 Å². The first-order chi connectivity index (χ1) is 6.63. The van der Waals surface area contributed by atoms with E-state index < -0.39 is 0 Å². The molecule has 1 aliphatic rings. The topological polar surface area (TPSA) is 70.2 Å². The summed E-state index contributed by atoms with van der Waals surface area (Å²) < 4.78 is 0. The van der Waals surface area contributed by atoms with Gasteiger partial charge in [-0.05, 0) is 20.4 Å². The highest BCUT2D eigenvalue weighted by Gasteiger charge is 2.21. The van der Waals surface area contributed by atoms with Crippen molar-refractivity contribution >= 4 is 11.8 Å². The summed E-state index contributed by atoms with van der Waals surface area (Å²) in [5, 5.41) is 8.46. The van der Waals surface area contributed by atoms with Crippen molar-refractivity contribution in [2.45, 2.75) is 31.8 Å². The lowest BCUT2D eigenvalue weighted by atomic mass is 10.1. The van der Waals surface area contributed by atoms with E-state index in [1.54, 1.807) is 14.0 Å². The lowest BCUT2D eigenvalue weighted by Crippen LogP contribution is -2.51. The first-order valence-corrected chi connectivity index (χ1v) is 4.88. The second-order valence-corrected chi connectivity index (χ2v) is 3.56. The summed E-state index contributed by atoms with van der Waals surface area (Å²) >= 11 is 0. The van der Waals surface area contributed by atoms with Gasteiger partial charge in [-0.2, -0.15) is 0 Å². The molecule has 0 radical (unpaired) electrons. The average Bonchev–Trinajstić information content (AvgIpc) is 2.20. The van der Waals surface area contributed by atoms with Crippen LogP contribution in [0.5, 0.6) is 0 Å². The Kier molecular flexibility index (Phi) is 3.88. The van der Waals surface area contributed by atoms with Crippen molar-refractivity contribution in [3.8, 4) is 0 Å².